The average Bonchev–Trinajstić information content (AvgIpc) is 2.90. The molecule has 2 rings (SSSR count). The van der Waals surface area contributed by atoms with Crippen LogP contribution in [0.1, 0.15) is 43.0 Å². The lowest BCUT2D eigenvalue weighted by molar-refractivity contribution is 0.456. The van der Waals surface area contributed by atoms with Crippen molar-refractivity contribution in [3.8, 4) is 0 Å². The zero-order valence-corrected chi connectivity index (χ0v) is 8.05. The number of aryl methyl sites for hydroxylation is 1. The van der Waals surface area contributed by atoms with Crippen LogP contribution < -0.4 is 5.73 Å². The molecule has 72 valence electrons. The van der Waals surface area contributed by atoms with Crippen LogP contribution >= 0.6 is 0 Å². The van der Waals surface area contributed by atoms with Crippen molar-refractivity contribution < 1.29 is 4.42 Å². The van der Waals surface area contributed by atoms with E-state index in [1.807, 2.05) is 0 Å². The number of rotatable bonds is 4. The highest BCUT2D eigenvalue weighted by Gasteiger charge is 2.29. The summed E-state index contributed by atoms with van der Waals surface area (Å²) in [6.45, 7) is 2.75. The van der Waals surface area contributed by atoms with Crippen LogP contribution in [-0.4, -0.2) is 11.5 Å². The molecule has 0 radical (unpaired) electrons. The molecule has 1 aliphatic rings. The molecule has 1 aromatic heterocycles. The van der Waals surface area contributed by atoms with Crippen LogP contribution in [0.15, 0.2) is 4.42 Å². The van der Waals surface area contributed by atoms with Gasteiger partial charge in [-0.15, -0.1) is 0 Å². The molecule has 0 aliphatic heterocycles. The highest BCUT2D eigenvalue weighted by molar-refractivity contribution is 5.14. The van der Waals surface area contributed by atoms with Crippen molar-refractivity contribution in [3.63, 3.8) is 0 Å². The minimum Gasteiger partial charge on any atom is -0.445 e. The van der Waals surface area contributed by atoms with E-state index in [0.717, 1.165) is 30.2 Å². The number of hydrogen-bond acceptors (Lipinski definition) is 3. The lowest BCUT2D eigenvalue weighted by Crippen LogP contribution is -2.03. The van der Waals surface area contributed by atoms with Gasteiger partial charge >= 0.3 is 0 Å². The monoisotopic (exact) mass is 180 g/mol. The van der Waals surface area contributed by atoms with Gasteiger partial charge in [-0.05, 0) is 25.8 Å². The molecule has 0 bridgehead atoms. The molecule has 1 aromatic rings. The quantitative estimate of drug-likeness (QED) is 0.766. The van der Waals surface area contributed by atoms with Crippen LogP contribution in [-0.2, 0) is 12.8 Å². The minimum atomic E-state index is 0.608. The Hall–Kier alpha value is -0.830. The van der Waals surface area contributed by atoms with Gasteiger partial charge in [-0.3, -0.25) is 0 Å². The number of hydrogen-bond donors (Lipinski definition) is 1. The summed E-state index contributed by atoms with van der Waals surface area (Å²) in [5.41, 5.74) is 6.60. The fourth-order valence-electron chi connectivity index (χ4n) is 1.51. The highest BCUT2D eigenvalue weighted by Crippen LogP contribution is 2.40. The highest BCUT2D eigenvalue weighted by atomic mass is 16.4. The Labute approximate surface area is 78.3 Å². The van der Waals surface area contributed by atoms with E-state index >= 15 is 0 Å². The fraction of sp³-hybridized carbons (Fsp3) is 0.700. The molecule has 2 N–H and O–H groups in total. The lowest BCUT2D eigenvalue weighted by Gasteiger charge is -1.93. The Kier molecular flexibility index (Phi) is 2.36. The van der Waals surface area contributed by atoms with Crippen LogP contribution in [0.25, 0.3) is 0 Å². The molecule has 13 heavy (non-hydrogen) atoms. The third-order valence-corrected chi connectivity index (χ3v) is 2.43. The minimum absolute atomic E-state index is 0.608. The SMILES string of the molecule is CCc1nc(C2CC2)oc1CCN. The van der Waals surface area contributed by atoms with E-state index in [0.29, 0.717) is 12.5 Å². The zero-order valence-electron chi connectivity index (χ0n) is 8.05. The van der Waals surface area contributed by atoms with Crippen LogP contribution in [0.2, 0.25) is 0 Å². The average molecular weight is 180 g/mol. The van der Waals surface area contributed by atoms with Crippen LogP contribution in [0.4, 0.5) is 0 Å². The molecule has 0 saturated heterocycles. The van der Waals surface area contributed by atoms with Crippen LogP contribution in [0, 0.1) is 0 Å². The van der Waals surface area contributed by atoms with E-state index in [4.69, 9.17) is 10.2 Å². The van der Waals surface area contributed by atoms with Gasteiger partial charge < -0.3 is 10.2 Å². The first-order valence-electron chi connectivity index (χ1n) is 5.03. The van der Waals surface area contributed by atoms with E-state index in [2.05, 4.69) is 11.9 Å². The molecule has 0 unspecified atom stereocenters. The molecular formula is C10H16N2O. The van der Waals surface area contributed by atoms with Gasteiger partial charge in [0.1, 0.15) is 5.76 Å². The van der Waals surface area contributed by atoms with Crippen molar-refractivity contribution in [2.45, 2.75) is 38.5 Å². The Morgan fingerprint density at radius 1 is 1.54 bits per heavy atom. The number of oxazole rings is 1. The van der Waals surface area contributed by atoms with Gasteiger partial charge in [0.25, 0.3) is 0 Å². The predicted molar refractivity (Wildman–Crippen MR) is 50.6 cm³/mol. The summed E-state index contributed by atoms with van der Waals surface area (Å²) < 4.78 is 5.68. The number of nitrogens with zero attached hydrogens (tertiary/aromatic N) is 1. The summed E-state index contributed by atoms with van der Waals surface area (Å²) in [5.74, 6) is 2.56. The number of aromatic nitrogens is 1. The Balaban J connectivity index is 2.20. The second kappa shape index (κ2) is 3.50. The van der Waals surface area contributed by atoms with Crippen molar-refractivity contribution in [2.75, 3.05) is 6.54 Å². The molecule has 0 amide bonds. The first-order valence-corrected chi connectivity index (χ1v) is 5.03. The predicted octanol–water partition coefficient (Wildman–Crippen LogP) is 1.62. The van der Waals surface area contributed by atoms with E-state index in [1.165, 1.54) is 12.8 Å². The summed E-state index contributed by atoms with van der Waals surface area (Å²) in [4.78, 5) is 4.49. The first kappa shape index (κ1) is 8.75. The maximum atomic E-state index is 5.68. The van der Waals surface area contributed by atoms with Crippen molar-refractivity contribution in [1.29, 1.82) is 0 Å². The number of nitrogens with two attached hydrogens (primary N) is 1. The molecule has 1 aliphatic carbocycles. The molecule has 3 nitrogen and oxygen atoms in total. The maximum Gasteiger partial charge on any atom is 0.197 e. The molecule has 0 atom stereocenters. The lowest BCUT2D eigenvalue weighted by atomic mass is 10.2. The molecular weight excluding hydrogens is 164 g/mol. The van der Waals surface area contributed by atoms with Gasteiger partial charge in [-0.25, -0.2) is 4.98 Å². The molecule has 3 heteroatoms. The largest absolute Gasteiger partial charge is 0.445 e. The van der Waals surface area contributed by atoms with Crippen molar-refractivity contribution in [2.24, 2.45) is 5.73 Å². The smallest absolute Gasteiger partial charge is 0.197 e. The molecule has 1 saturated carbocycles. The molecule has 0 spiro atoms. The molecule has 1 heterocycles. The zero-order chi connectivity index (χ0) is 9.26. The third-order valence-electron chi connectivity index (χ3n) is 2.43. The Morgan fingerprint density at radius 3 is 2.85 bits per heavy atom. The van der Waals surface area contributed by atoms with Gasteiger partial charge in [-0.1, -0.05) is 6.92 Å². The standard InChI is InChI=1S/C10H16N2O/c1-2-8-9(5-6-11)13-10(12-8)7-3-4-7/h7H,2-6,11H2,1H3. The van der Waals surface area contributed by atoms with Crippen molar-refractivity contribution in [3.05, 3.63) is 17.3 Å². The Bertz CT molecular complexity index is 289. The van der Waals surface area contributed by atoms with E-state index in [9.17, 15) is 0 Å². The molecule has 0 aromatic carbocycles. The summed E-state index contributed by atoms with van der Waals surface area (Å²) >= 11 is 0. The van der Waals surface area contributed by atoms with Gasteiger partial charge in [-0.2, -0.15) is 0 Å². The van der Waals surface area contributed by atoms with E-state index in [-0.39, 0.29) is 0 Å². The van der Waals surface area contributed by atoms with Gasteiger partial charge in [0.05, 0.1) is 5.69 Å². The van der Waals surface area contributed by atoms with Gasteiger partial charge in [0.15, 0.2) is 5.89 Å². The van der Waals surface area contributed by atoms with Gasteiger partial charge in [0, 0.05) is 12.3 Å². The van der Waals surface area contributed by atoms with Gasteiger partial charge in [0.2, 0.25) is 0 Å². The summed E-state index contributed by atoms with van der Waals surface area (Å²) in [7, 11) is 0. The van der Waals surface area contributed by atoms with Crippen LogP contribution in [0.3, 0.4) is 0 Å². The Morgan fingerprint density at radius 2 is 2.31 bits per heavy atom. The van der Waals surface area contributed by atoms with Crippen LogP contribution in [0.5, 0.6) is 0 Å². The maximum absolute atomic E-state index is 5.68. The topological polar surface area (TPSA) is 52.0 Å². The second-order valence-corrected chi connectivity index (χ2v) is 3.59. The van der Waals surface area contributed by atoms with Crippen molar-refractivity contribution in [1.82, 2.24) is 4.98 Å². The summed E-state index contributed by atoms with van der Waals surface area (Å²) in [6, 6.07) is 0. The van der Waals surface area contributed by atoms with E-state index < -0.39 is 0 Å². The van der Waals surface area contributed by atoms with Crippen molar-refractivity contribution >= 4 is 0 Å². The third kappa shape index (κ3) is 1.75. The normalized spacial score (nSPS) is 16.5. The summed E-state index contributed by atoms with van der Waals surface area (Å²) in [5, 5.41) is 0. The summed E-state index contributed by atoms with van der Waals surface area (Å²) in [6.07, 6.45) is 4.26. The molecule has 1 fully saturated rings. The fourth-order valence-corrected chi connectivity index (χ4v) is 1.51. The first-order chi connectivity index (χ1) is 6.35. The van der Waals surface area contributed by atoms with E-state index in [1.54, 1.807) is 0 Å². The second-order valence-electron chi connectivity index (χ2n) is 3.59.